The highest BCUT2D eigenvalue weighted by Gasteiger charge is 2.39. The number of benzene rings is 1. The van der Waals surface area contributed by atoms with E-state index in [9.17, 15) is 20.1 Å². The number of rotatable bonds is 14. The molecule has 172 valence electrons. The number of hydrogen-bond acceptors (Lipinski definition) is 5. The van der Waals surface area contributed by atoms with Crippen LogP contribution < -0.4 is 4.74 Å². The van der Waals surface area contributed by atoms with Crippen molar-refractivity contribution in [3.05, 3.63) is 42.0 Å². The van der Waals surface area contributed by atoms with Gasteiger partial charge in [-0.05, 0) is 44.9 Å². The number of Topliss-reactive ketones (excluding diaryl/α,β-unsaturated/α-hetero) is 1. The van der Waals surface area contributed by atoms with Crippen LogP contribution in [0.2, 0.25) is 0 Å². The number of carbonyl (C=O) groups excluding carboxylic acids is 1. The molecule has 0 amide bonds. The van der Waals surface area contributed by atoms with Gasteiger partial charge in [0.15, 0.2) is 5.78 Å². The Morgan fingerprint density at radius 2 is 1.52 bits per heavy atom. The Balaban J connectivity index is 1.56. The first kappa shape index (κ1) is 25.0. The second-order valence-corrected chi connectivity index (χ2v) is 8.46. The summed E-state index contributed by atoms with van der Waals surface area (Å²) in [6.07, 6.45) is 21.4. The molecule has 5 nitrogen and oxygen atoms in total. The molecule has 0 aliphatic carbocycles. The summed E-state index contributed by atoms with van der Waals surface area (Å²) in [4.78, 5) is 12.3. The molecule has 0 saturated carbocycles. The van der Waals surface area contributed by atoms with Crippen molar-refractivity contribution in [1.29, 1.82) is 0 Å². The van der Waals surface area contributed by atoms with Crippen molar-refractivity contribution in [1.82, 2.24) is 0 Å². The van der Waals surface area contributed by atoms with Crippen LogP contribution in [0, 0.1) is 0 Å². The van der Waals surface area contributed by atoms with Gasteiger partial charge in [-0.15, -0.1) is 0 Å². The molecule has 1 aromatic carbocycles. The van der Waals surface area contributed by atoms with Gasteiger partial charge in [0.25, 0.3) is 0 Å². The molecule has 0 unspecified atom stereocenters. The second-order valence-electron chi connectivity index (χ2n) is 8.46. The molecule has 3 N–H and O–H groups in total. The van der Waals surface area contributed by atoms with Gasteiger partial charge in [0.05, 0.1) is 6.42 Å². The zero-order chi connectivity index (χ0) is 22.5. The Bertz CT molecular complexity index is 752. The van der Waals surface area contributed by atoms with Crippen LogP contribution in [-0.4, -0.2) is 26.9 Å². The van der Waals surface area contributed by atoms with Crippen LogP contribution in [0.1, 0.15) is 101 Å². The molecule has 0 fully saturated rings. The first-order valence-corrected chi connectivity index (χ1v) is 11.8. The van der Waals surface area contributed by atoms with Crippen LogP contribution in [0.3, 0.4) is 0 Å². The first-order valence-electron chi connectivity index (χ1n) is 11.8. The molecule has 1 aliphatic rings. The number of aromatic hydroxyl groups is 2. The van der Waals surface area contributed by atoms with Crippen molar-refractivity contribution in [2.45, 2.75) is 96.2 Å². The van der Waals surface area contributed by atoms with Crippen LogP contribution in [0.4, 0.5) is 0 Å². The third-order valence-corrected chi connectivity index (χ3v) is 5.55. The molecule has 1 aliphatic heterocycles. The largest absolute Gasteiger partial charge is 0.508 e. The van der Waals surface area contributed by atoms with E-state index in [0.29, 0.717) is 6.42 Å². The molecule has 31 heavy (non-hydrogen) atoms. The SMILES string of the molecule is CCC/C=C\CCC/C=C\CCCCCCC[C@@]1(O)CC(=O)c2c(O)cc(O)cc2O1. The zero-order valence-corrected chi connectivity index (χ0v) is 18.8. The van der Waals surface area contributed by atoms with Crippen molar-refractivity contribution >= 4 is 5.78 Å². The van der Waals surface area contributed by atoms with Crippen molar-refractivity contribution in [3.8, 4) is 17.2 Å². The molecule has 0 bridgehead atoms. The maximum absolute atomic E-state index is 12.3. The molecule has 1 aromatic rings. The Hall–Kier alpha value is -2.27. The van der Waals surface area contributed by atoms with Crippen LogP contribution in [-0.2, 0) is 0 Å². The number of hydrogen-bond donors (Lipinski definition) is 3. The minimum Gasteiger partial charge on any atom is -0.508 e. The summed E-state index contributed by atoms with van der Waals surface area (Å²) in [6.45, 7) is 2.20. The van der Waals surface area contributed by atoms with Crippen molar-refractivity contribution in [2.75, 3.05) is 0 Å². The van der Waals surface area contributed by atoms with E-state index >= 15 is 0 Å². The fourth-order valence-electron chi connectivity index (χ4n) is 3.85. The highest BCUT2D eigenvalue weighted by Crippen LogP contribution is 2.41. The minimum atomic E-state index is -1.57. The number of allylic oxidation sites excluding steroid dienone is 4. The summed E-state index contributed by atoms with van der Waals surface area (Å²) in [5.74, 6) is -2.42. The lowest BCUT2D eigenvalue weighted by Crippen LogP contribution is -2.41. The highest BCUT2D eigenvalue weighted by molar-refractivity contribution is 6.02. The predicted octanol–water partition coefficient (Wildman–Crippen LogP) is 6.57. The van der Waals surface area contributed by atoms with E-state index in [1.54, 1.807) is 0 Å². The fraction of sp³-hybridized carbons (Fsp3) is 0.577. The van der Waals surface area contributed by atoms with E-state index in [0.717, 1.165) is 51.0 Å². The van der Waals surface area contributed by atoms with E-state index in [-0.39, 0.29) is 35.0 Å². The molecule has 0 saturated heterocycles. The minimum absolute atomic E-state index is 0.0310. The number of carbonyl (C=O) groups is 1. The Morgan fingerprint density at radius 3 is 2.23 bits per heavy atom. The molecular weight excluding hydrogens is 392 g/mol. The van der Waals surface area contributed by atoms with Crippen LogP contribution in [0.25, 0.3) is 0 Å². The topological polar surface area (TPSA) is 87.0 Å². The van der Waals surface area contributed by atoms with Gasteiger partial charge in [0.1, 0.15) is 22.8 Å². The number of aliphatic hydroxyl groups is 1. The average molecular weight is 431 g/mol. The fourth-order valence-corrected chi connectivity index (χ4v) is 3.85. The zero-order valence-electron chi connectivity index (χ0n) is 18.8. The van der Waals surface area contributed by atoms with Gasteiger partial charge in [0.2, 0.25) is 5.79 Å². The van der Waals surface area contributed by atoms with Gasteiger partial charge in [-0.1, -0.05) is 56.9 Å². The molecule has 0 aromatic heterocycles. The van der Waals surface area contributed by atoms with Crippen LogP contribution in [0.5, 0.6) is 17.2 Å². The van der Waals surface area contributed by atoms with Crippen LogP contribution in [0.15, 0.2) is 36.4 Å². The molecular formula is C26H38O5. The number of phenolic OH excluding ortho intramolecular Hbond substituents is 2. The maximum Gasteiger partial charge on any atom is 0.215 e. The summed E-state index contributed by atoms with van der Waals surface area (Å²) in [5.41, 5.74) is 0.0310. The monoisotopic (exact) mass is 430 g/mol. The molecule has 0 radical (unpaired) electrons. The van der Waals surface area contributed by atoms with Gasteiger partial charge in [-0.25, -0.2) is 0 Å². The number of fused-ring (bicyclic) bond motifs is 1. The summed E-state index contributed by atoms with van der Waals surface area (Å²) in [5, 5.41) is 30.1. The van der Waals surface area contributed by atoms with Gasteiger partial charge in [-0.2, -0.15) is 0 Å². The quantitative estimate of drug-likeness (QED) is 0.230. The molecule has 2 rings (SSSR count). The van der Waals surface area contributed by atoms with Gasteiger partial charge in [-0.3, -0.25) is 4.79 Å². The van der Waals surface area contributed by atoms with E-state index in [2.05, 4.69) is 31.2 Å². The first-order chi connectivity index (χ1) is 14.9. The number of ether oxygens (including phenoxy) is 1. The standard InChI is InChI=1S/C26H38O5/c1-2-3-4-5-6-7-8-9-10-11-12-13-14-15-16-17-26(30)20-23(29)25-22(28)18-21(27)19-24(25)31-26/h4-5,9-10,18-19,27-28,30H,2-3,6-8,11-17,20H2,1H3/b5-4-,10-9-/t26-/m0/s1. The average Bonchev–Trinajstić information content (AvgIpc) is 2.69. The third-order valence-electron chi connectivity index (χ3n) is 5.55. The van der Waals surface area contributed by atoms with Crippen molar-refractivity contribution < 1.29 is 24.9 Å². The van der Waals surface area contributed by atoms with Crippen molar-refractivity contribution in [2.24, 2.45) is 0 Å². The maximum atomic E-state index is 12.3. The van der Waals surface area contributed by atoms with E-state index in [4.69, 9.17) is 4.74 Å². The number of unbranched alkanes of at least 4 members (excludes halogenated alkanes) is 8. The van der Waals surface area contributed by atoms with E-state index in [1.165, 1.54) is 31.7 Å². The van der Waals surface area contributed by atoms with E-state index in [1.807, 2.05) is 0 Å². The summed E-state index contributed by atoms with van der Waals surface area (Å²) >= 11 is 0. The predicted molar refractivity (Wildman–Crippen MR) is 124 cm³/mol. The number of ketones is 1. The molecule has 0 spiro atoms. The van der Waals surface area contributed by atoms with Gasteiger partial charge < -0.3 is 20.1 Å². The Kier molecular flexibility index (Phi) is 10.6. The van der Waals surface area contributed by atoms with Crippen molar-refractivity contribution in [3.63, 3.8) is 0 Å². The van der Waals surface area contributed by atoms with E-state index < -0.39 is 5.79 Å². The second kappa shape index (κ2) is 13.2. The third kappa shape index (κ3) is 8.78. The summed E-state index contributed by atoms with van der Waals surface area (Å²) in [7, 11) is 0. The number of phenols is 2. The molecule has 1 heterocycles. The summed E-state index contributed by atoms with van der Waals surface area (Å²) < 4.78 is 5.57. The van der Waals surface area contributed by atoms with Gasteiger partial charge in [0, 0.05) is 18.6 Å². The molecule has 1 atom stereocenters. The Labute approximate surface area is 186 Å². The normalized spacial score (nSPS) is 18.6. The lowest BCUT2D eigenvalue weighted by molar-refractivity contribution is -0.145. The lowest BCUT2D eigenvalue weighted by Gasteiger charge is -2.33. The summed E-state index contributed by atoms with van der Waals surface area (Å²) in [6, 6.07) is 2.36. The highest BCUT2D eigenvalue weighted by atomic mass is 16.6. The van der Waals surface area contributed by atoms with Crippen LogP contribution >= 0.6 is 0 Å². The smallest absolute Gasteiger partial charge is 0.215 e. The Morgan fingerprint density at radius 1 is 0.903 bits per heavy atom. The molecule has 5 heteroatoms. The lowest BCUT2D eigenvalue weighted by atomic mass is 9.93. The van der Waals surface area contributed by atoms with Gasteiger partial charge >= 0.3 is 0 Å².